The highest BCUT2D eigenvalue weighted by Crippen LogP contribution is 2.29. The third-order valence-corrected chi connectivity index (χ3v) is 3.77. The van der Waals surface area contributed by atoms with Crippen molar-refractivity contribution < 1.29 is 5.11 Å². The van der Waals surface area contributed by atoms with Gasteiger partial charge < -0.3 is 20.2 Å². The van der Waals surface area contributed by atoms with Gasteiger partial charge in [-0.1, -0.05) is 13.0 Å². The van der Waals surface area contributed by atoms with E-state index in [4.69, 9.17) is 0 Å². The summed E-state index contributed by atoms with van der Waals surface area (Å²) in [6, 6.07) is 6.21. The van der Waals surface area contributed by atoms with Crippen LogP contribution in [0, 0.1) is 0 Å². The Kier molecular flexibility index (Phi) is 7.54. The quantitative estimate of drug-likeness (QED) is 0.734. The van der Waals surface area contributed by atoms with Crippen molar-refractivity contribution in [2.75, 3.05) is 45.2 Å². The van der Waals surface area contributed by atoms with E-state index >= 15 is 0 Å². The van der Waals surface area contributed by atoms with E-state index in [2.05, 4.69) is 56.0 Å². The van der Waals surface area contributed by atoms with Gasteiger partial charge in [-0.3, -0.25) is 0 Å². The standard InChI is InChI=1S/C17H31N3O/c1-6-18-14(3)16-10-9-15(13-17(16)21)20(7-2)12-8-11-19(4)5/h9-10,13-14,18,21H,6-8,11-12H2,1-5H3. The Morgan fingerprint density at radius 3 is 2.43 bits per heavy atom. The van der Waals surface area contributed by atoms with Crippen LogP contribution in [0.4, 0.5) is 5.69 Å². The molecule has 0 bridgehead atoms. The monoisotopic (exact) mass is 293 g/mol. The molecule has 1 aromatic carbocycles. The minimum atomic E-state index is 0.174. The molecule has 1 atom stereocenters. The second-order valence-corrected chi connectivity index (χ2v) is 5.76. The van der Waals surface area contributed by atoms with E-state index in [0.717, 1.165) is 43.9 Å². The molecule has 0 saturated carbocycles. The number of hydrogen-bond donors (Lipinski definition) is 2. The lowest BCUT2D eigenvalue weighted by Crippen LogP contribution is -2.27. The molecule has 0 radical (unpaired) electrons. The zero-order valence-corrected chi connectivity index (χ0v) is 14.2. The van der Waals surface area contributed by atoms with Crippen LogP contribution in [0.15, 0.2) is 18.2 Å². The first-order valence-electron chi connectivity index (χ1n) is 7.95. The number of benzene rings is 1. The van der Waals surface area contributed by atoms with E-state index in [1.54, 1.807) is 0 Å². The molecule has 0 aromatic heterocycles. The highest BCUT2D eigenvalue weighted by Gasteiger charge is 2.12. The van der Waals surface area contributed by atoms with E-state index in [9.17, 15) is 5.11 Å². The average molecular weight is 293 g/mol. The summed E-state index contributed by atoms with van der Waals surface area (Å²) >= 11 is 0. The molecule has 0 spiro atoms. The van der Waals surface area contributed by atoms with Gasteiger partial charge in [-0.05, 0) is 53.5 Å². The van der Waals surface area contributed by atoms with Crippen molar-refractivity contribution in [2.24, 2.45) is 0 Å². The molecule has 0 fully saturated rings. The van der Waals surface area contributed by atoms with Gasteiger partial charge in [-0.2, -0.15) is 0 Å². The fraction of sp³-hybridized carbons (Fsp3) is 0.647. The second kappa shape index (κ2) is 8.90. The van der Waals surface area contributed by atoms with Crippen molar-refractivity contribution in [1.29, 1.82) is 0 Å². The Labute approximate surface area is 129 Å². The molecule has 0 amide bonds. The van der Waals surface area contributed by atoms with Crippen molar-refractivity contribution in [1.82, 2.24) is 10.2 Å². The molecule has 1 unspecified atom stereocenters. The minimum Gasteiger partial charge on any atom is -0.508 e. The van der Waals surface area contributed by atoms with E-state index < -0.39 is 0 Å². The van der Waals surface area contributed by atoms with Gasteiger partial charge in [-0.15, -0.1) is 0 Å². The molecular formula is C17H31N3O. The number of rotatable bonds is 9. The summed E-state index contributed by atoms with van der Waals surface area (Å²) in [6.07, 6.45) is 1.12. The molecule has 0 saturated heterocycles. The molecule has 4 heteroatoms. The van der Waals surface area contributed by atoms with Crippen LogP contribution in [0.25, 0.3) is 0 Å². The van der Waals surface area contributed by atoms with Crippen LogP contribution >= 0.6 is 0 Å². The van der Waals surface area contributed by atoms with Gasteiger partial charge in [0.15, 0.2) is 0 Å². The number of anilines is 1. The van der Waals surface area contributed by atoms with Crippen LogP contribution in [0.2, 0.25) is 0 Å². The Bertz CT molecular complexity index is 420. The van der Waals surface area contributed by atoms with Crippen molar-refractivity contribution in [2.45, 2.75) is 33.2 Å². The summed E-state index contributed by atoms with van der Waals surface area (Å²) in [5.41, 5.74) is 2.06. The van der Waals surface area contributed by atoms with Crippen molar-refractivity contribution in [3.05, 3.63) is 23.8 Å². The Morgan fingerprint density at radius 2 is 1.90 bits per heavy atom. The Hall–Kier alpha value is -1.26. The molecular weight excluding hydrogens is 262 g/mol. The summed E-state index contributed by atoms with van der Waals surface area (Å²) in [7, 11) is 4.19. The maximum atomic E-state index is 10.3. The van der Waals surface area contributed by atoms with Crippen LogP contribution in [0.3, 0.4) is 0 Å². The Morgan fingerprint density at radius 1 is 1.19 bits per heavy atom. The molecule has 0 aliphatic carbocycles. The SMILES string of the molecule is CCNC(C)c1ccc(N(CC)CCCN(C)C)cc1O. The highest BCUT2D eigenvalue weighted by atomic mass is 16.3. The summed E-state index contributed by atoms with van der Waals surface area (Å²) in [5.74, 6) is 0.381. The highest BCUT2D eigenvalue weighted by molar-refractivity contribution is 5.54. The first-order valence-corrected chi connectivity index (χ1v) is 7.95. The topological polar surface area (TPSA) is 38.7 Å². The number of phenolic OH excluding ortho intramolecular Hbond substituents is 1. The normalized spacial score (nSPS) is 12.7. The molecule has 120 valence electrons. The number of nitrogens with one attached hydrogen (secondary N) is 1. The molecule has 21 heavy (non-hydrogen) atoms. The summed E-state index contributed by atoms with van der Waals surface area (Å²) in [6.45, 7) is 10.2. The summed E-state index contributed by atoms with van der Waals surface area (Å²) in [5, 5.41) is 13.6. The van der Waals surface area contributed by atoms with Gasteiger partial charge in [0.1, 0.15) is 5.75 Å². The van der Waals surface area contributed by atoms with Gasteiger partial charge >= 0.3 is 0 Å². The fourth-order valence-electron chi connectivity index (χ4n) is 2.56. The third kappa shape index (κ3) is 5.56. The van der Waals surface area contributed by atoms with Crippen LogP contribution in [-0.4, -0.2) is 50.3 Å². The zero-order chi connectivity index (χ0) is 15.8. The van der Waals surface area contributed by atoms with Crippen molar-refractivity contribution in [3.63, 3.8) is 0 Å². The van der Waals surface area contributed by atoms with Crippen LogP contribution < -0.4 is 10.2 Å². The first-order chi connectivity index (χ1) is 9.99. The van der Waals surface area contributed by atoms with Crippen LogP contribution in [-0.2, 0) is 0 Å². The molecule has 1 rings (SSSR count). The zero-order valence-electron chi connectivity index (χ0n) is 14.2. The van der Waals surface area contributed by atoms with E-state index in [0.29, 0.717) is 5.75 Å². The molecule has 4 nitrogen and oxygen atoms in total. The third-order valence-electron chi connectivity index (χ3n) is 3.77. The van der Waals surface area contributed by atoms with Crippen molar-refractivity contribution >= 4 is 5.69 Å². The number of hydrogen-bond acceptors (Lipinski definition) is 4. The number of nitrogens with zero attached hydrogens (tertiary/aromatic N) is 2. The maximum Gasteiger partial charge on any atom is 0.122 e. The molecule has 0 aliphatic rings. The van der Waals surface area contributed by atoms with Gasteiger partial charge in [0.05, 0.1) is 0 Å². The van der Waals surface area contributed by atoms with Gasteiger partial charge in [0.2, 0.25) is 0 Å². The van der Waals surface area contributed by atoms with Gasteiger partial charge in [-0.25, -0.2) is 0 Å². The molecule has 0 heterocycles. The lowest BCUT2D eigenvalue weighted by atomic mass is 10.1. The van der Waals surface area contributed by atoms with Crippen molar-refractivity contribution in [3.8, 4) is 5.75 Å². The summed E-state index contributed by atoms with van der Waals surface area (Å²) < 4.78 is 0. The Balaban J connectivity index is 2.75. The lowest BCUT2D eigenvalue weighted by Gasteiger charge is -2.25. The van der Waals surface area contributed by atoms with E-state index in [1.807, 2.05) is 12.1 Å². The fourth-order valence-corrected chi connectivity index (χ4v) is 2.56. The largest absolute Gasteiger partial charge is 0.508 e. The lowest BCUT2D eigenvalue weighted by molar-refractivity contribution is 0.400. The number of aromatic hydroxyl groups is 1. The number of phenols is 1. The van der Waals surface area contributed by atoms with E-state index in [1.165, 1.54) is 0 Å². The van der Waals surface area contributed by atoms with Crippen LogP contribution in [0.5, 0.6) is 5.75 Å². The van der Waals surface area contributed by atoms with Crippen LogP contribution in [0.1, 0.15) is 38.8 Å². The average Bonchev–Trinajstić information content (AvgIpc) is 2.43. The predicted octanol–water partition coefficient (Wildman–Crippen LogP) is 2.84. The second-order valence-electron chi connectivity index (χ2n) is 5.76. The molecule has 2 N–H and O–H groups in total. The minimum absolute atomic E-state index is 0.174. The summed E-state index contributed by atoms with van der Waals surface area (Å²) in [4.78, 5) is 4.51. The van der Waals surface area contributed by atoms with Gasteiger partial charge in [0.25, 0.3) is 0 Å². The van der Waals surface area contributed by atoms with Gasteiger partial charge in [0, 0.05) is 36.4 Å². The smallest absolute Gasteiger partial charge is 0.122 e. The van der Waals surface area contributed by atoms with E-state index in [-0.39, 0.29) is 6.04 Å². The predicted molar refractivity (Wildman–Crippen MR) is 91.3 cm³/mol. The first kappa shape index (κ1) is 17.8. The maximum absolute atomic E-state index is 10.3. The molecule has 1 aromatic rings. The molecule has 0 aliphatic heterocycles.